The summed E-state index contributed by atoms with van der Waals surface area (Å²) in [7, 11) is 0. The molecule has 3 nitrogen and oxygen atoms in total. The van der Waals surface area contributed by atoms with Crippen molar-refractivity contribution >= 4 is 5.78 Å². The summed E-state index contributed by atoms with van der Waals surface area (Å²) < 4.78 is 11.0. The summed E-state index contributed by atoms with van der Waals surface area (Å²) in [6, 6.07) is 9.21. The Morgan fingerprint density at radius 3 is 2.12 bits per heavy atom. The van der Waals surface area contributed by atoms with Crippen molar-refractivity contribution in [2.45, 2.75) is 33.0 Å². The van der Waals surface area contributed by atoms with Crippen LogP contribution in [0.3, 0.4) is 0 Å². The maximum atomic E-state index is 12.0. The number of rotatable bonds is 7. The zero-order valence-corrected chi connectivity index (χ0v) is 10.7. The van der Waals surface area contributed by atoms with Gasteiger partial charge < -0.3 is 9.47 Å². The van der Waals surface area contributed by atoms with E-state index in [0.29, 0.717) is 18.8 Å². The van der Waals surface area contributed by atoms with Crippen LogP contribution in [0.15, 0.2) is 30.3 Å². The first kappa shape index (κ1) is 13.9. The molecule has 0 atom stereocenters. The van der Waals surface area contributed by atoms with Gasteiger partial charge in [-0.15, -0.1) is 0 Å². The first-order valence-corrected chi connectivity index (χ1v) is 5.97. The zero-order chi connectivity index (χ0) is 12.7. The summed E-state index contributed by atoms with van der Waals surface area (Å²) in [6.07, 6.45) is 0.235. The molecule has 0 aromatic heterocycles. The highest BCUT2D eigenvalue weighted by Gasteiger charge is 2.28. The summed E-state index contributed by atoms with van der Waals surface area (Å²) in [6.45, 7) is 6.65. The smallest absolute Gasteiger partial charge is 0.172 e. The van der Waals surface area contributed by atoms with Crippen molar-refractivity contribution in [1.29, 1.82) is 0 Å². The van der Waals surface area contributed by atoms with Crippen LogP contribution in [0, 0.1) is 0 Å². The lowest BCUT2D eigenvalue weighted by Crippen LogP contribution is -2.35. The minimum atomic E-state index is -0.823. The van der Waals surface area contributed by atoms with E-state index in [1.54, 1.807) is 19.1 Å². The number of ketones is 1. The van der Waals surface area contributed by atoms with E-state index in [9.17, 15) is 4.79 Å². The number of carbonyl (C=O) groups excluding carboxylic acids is 1. The van der Waals surface area contributed by atoms with Gasteiger partial charge in [-0.3, -0.25) is 4.79 Å². The van der Waals surface area contributed by atoms with Crippen molar-refractivity contribution in [3.05, 3.63) is 35.9 Å². The monoisotopic (exact) mass is 236 g/mol. The maximum absolute atomic E-state index is 12.0. The molecule has 0 fully saturated rings. The fraction of sp³-hybridized carbons (Fsp3) is 0.500. The second-order valence-electron chi connectivity index (χ2n) is 3.97. The van der Waals surface area contributed by atoms with E-state index >= 15 is 0 Å². The molecule has 0 heterocycles. The van der Waals surface area contributed by atoms with Crippen LogP contribution in [0.1, 0.15) is 37.6 Å². The van der Waals surface area contributed by atoms with Gasteiger partial charge in [-0.05, 0) is 20.8 Å². The fourth-order valence-electron chi connectivity index (χ4n) is 1.77. The van der Waals surface area contributed by atoms with Gasteiger partial charge in [-0.1, -0.05) is 30.3 Å². The Balaban J connectivity index is 2.71. The highest BCUT2D eigenvalue weighted by molar-refractivity contribution is 5.96. The molecule has 0 radical (unpaired) electrons. The van der Waals surface area contributed by atoms with Gasteiger partial charge in [0.2, 0.25) is 0 Å². The van der Waals surface area contributed by atoms with Crippen LogP contribution in [0.25, 0.3) is 0 Å². The summed E-state index contributed by atoms with van der Waals surface area (Å²) >= 11 is 0. The highest BCUT2D eigenvalue weighted by Crippen LogP contribution is 2.20. The second kappa shape index (κ2) is 6.52. The number of benzene rings is 1. The standard InChI is InChI=1S/C14H20O3/c1-4-16-14(3,17-5-2)11-13(15)12-9-7-6-8-10-12/h6-10H,4-5,11H2,1-3H3. The molecule has 1 aromatic rings. The Bertz CT molecular complexity index is 340. The summed E-state index contributed by atoms with van der Waals surface area (Å²) in [4.78, 5) is 12.0. The molecule has 0 bridgehead atoms. The summed E-state index contributed by atoms with van der Waals surface area (Å²) in [5, 5.41) is 0. The lowest BCUT2D eigenvalue weighted by Gasteiger charge is -2.28. The van der Waals surface area contributed by atoms with Crippen molar-refractivity contribution in [1.82, 2.24) is 0 Å². The van der Waals surface area contributed by atoms with Gasteiger partial charge in [-0.25, -0.2) is 0 Å². The van der Waals surface area contributed by atoms with Crippen LogP contribution < -0.4 is 0 Å². The molecule has 0 unspecified atom stereocenters. The van der Waals surface area contributed by atoms with Crippen molar-refractivity contribution in [2.24, 2.45) is 0 Å². The van der Waals surface area contributed by atoms with Crippen LogP contribution in [0.5, 0.6) is 0 Å². The first-order valence-electron chi connectivity index (χ1n) is 5.97. The number of hydrogen-bond donors (Lipinski definition) is 0. The molecule has 0 N–H and O–H groups in total. The van der Waals surface area contributed by atoms with Crippen LogP contribution in [0.2, 0.25) is 0 Å². The normalized spacial score (nSPS) is 11.5. The van der Waals surface area contributed by atoms with Gasteiger partial charge in [0, 0.05) is 18.8 Å². The maximum Gasteiger partial charge on any atom is 0.172 e. The van der Waals surface area contributed by atoms with Crippen LogP contribution >= 0.6 is 0 Å². The Morgan fingerprint density at radius 2 is 1.65 bits per heavy atom. The molecule has 3 heteroatoms. The molecule has 0 saturated carbocycles. The molecule has 0 aliphatic rings. The van der Waals surface area contributed by atoms with Gasteiger partial charge in [0.25, 0.3) is 0 Å². The third-order valence-corrected chi connectivity index (χ3v) is 2.48. The van der Waals surface area contributed by atoms with E-state index in [2.05, 4.69) is 0 Å². The zero-order valence-electron chi connectivity index (χ0n) is 10.7. The van der Waals surface area contributed by atoms with Gasteiger partial charge >= 0.3 is 0 Å². The van der Waals surface area contributed by atoms with Crippen LogP contribution in [-0.4, -0.2) is 24.8 Å². The van der Waals surface area contributed by atoms with E-state index in [0.717, 1.165) is 0 Å². The Hall–Kier alpha value is -1.19. The summed E-state index contributed by atoms with van der Waals surface area (Å²) in [5.41, 5.74) is 0.693. The summed E-state index contributed by atoms with van der Waals surface area (Å²) in [5.74, 6) is -0.786. The van der Waals surface area contributed by atoms with Crippen molar-refractivity contribution in [3.8, 4) is 0 Å². The van der Waals surface area contributed by atoms with Gasteiger partial charge in [0.1, 0.15) is 0 Å². The fourth-order valence-corrected chi connectivity index (χ4v) is 1.77. The van der Waals surface area contributed by atoms with E-state index in [1.807, 2.05) is 32.0 Å². The highest BCUT2D eigenvalue weighted by atomic mass is 16.7. The molecule has 0 saturated heterocycles. The first-order chi connectivity index (χ1) is 8.11. The lowest BCUT2D eigenvalue weighted by molar-refractivity contribution is -0.217. The third kappa shape index (κ3) is 4.29. The molecule has 1 aromatic carbocycles. The number of ether oxygens (including phenoxy) is 2. The molecule has 94 valence electrons. The SMILES string of the molecule is CCOC(C)(CC(=O)c1ccccc1)OCC. The van der Waals surface area contributed by atoms with Gasteiger partial charge in [0.15, 0.2) is 11.6 Å². The number of Topliss-reactive ketones (excluding diaryl/α,β-unsaturated/α-hetero) is 1. The predicted octanol–water partition coefficient (Wildman–Crippen LogP) is 3.05. The average Bonchev–Trinajstić information content (AvgIpc) is 2.30. The molecular formula is C14H20O3. The Kier molecular flexibility index (Phi) is 5.32. The third-order valence-electron chi connectivity index (χ3n) is 2.48. The van der Waals surface area contributed by atoms with Gasteiger partial charge in [-0.2, -0.15) is 0 Å². The van der Waals surface area contributed by atoms with E-state index < -0.39 is 5.79 Å². The molecule has 17 heavy (non-hydrogen) atoms. The molecule has 0 amide bonds. The van der Waals surface area contributed by atoms with E-state index in [1.165, 1.54) is 0 Å². The van der Waals surface area contributed by atoms with Crippen molar-refractivity contribution < 1.29 is 14.3 Å². The predicted molar refractivity (Wildman–Crippen MR) is 67.0 cm³/mol. The molecule has 1 rings (SSSR count). The average molecular weight is 236 g/mol. The van der Waals surface area contributed by atoms with E-state index in [-0.39, 0.29) is 12.2 Å². The number of hydrogen-bond acceptors (Lipinski definition) is 3. The van der Waals surface area contributed by atoms with Crippen LogP contribution in [0.4, 0.5) is 0 Å². The van der Waals surface area contributed by atoms with E-state index in [4.69, 9.17) is 9.47 Å². The quantitative estimate of drug-likeness (QED) is 0.539. The minimum absolute atomic E-state index is 0.0370. The van der Waals surface area contributed by atoms with Crippen molar-refractivity contribution in [3.63, 3.8) is 0 Å². The topological polar surface area (TPSA) is 35.5 Å². The molecule has 0 spiro atoms. The Morgan fingerprint density at radius 1 is 1.12 bits per heavy atom. The largest absolute Gasteiger partial charge is 0.350 e. The van der Waals surface area contributed by atoms with Crippen molar-refractivity contribution in [2.75, 3.05) is 13.2 Å². The molecule has 0 aliphatic heterocycles. The minimum Gasteiger partial charge on any atom is -0.350 e. The Labute approximate surface area is 103 Å². The molecule has 0 aliphatic carbocycles. The molecular weight excluding hydrogens is 216 g/mol. The van der Waals surface area contributed by atoms with Gasteiger partial charge in [0.05, 0.1) is 6.42 Å². The van der Waals surface area contributed by atoms with Crippen LogP contribution in [-0.2, 0) is 9.47 Å². The second-order valence-corrected chi connectivity index (χ2v) is 3.97. The lowest BCUT2D eigenvalue weighted by atomic mass is 10.0. The number of carbonyl (C=O) groups is 1.